The molecule has 2 nitrogen and oxygen atoms in total. The molecule has 0 aliphatic heterocycles. The van der Waals surface area contributed by atoms with Crippen molar-refractivity contribution in [3.8, 4) is 5.75 Å². The highest BCUT2D eigenvalue weighted by Gasteiger charge is 2.17. The third-order valence-electron chi connectivity index (χ3n) is 3.15. The second kappa shape index (κ2) is 7.30. The molecule has 2 unspecified atom stereocenters. The average molecular weight is 250 g/mol. The van der Waals surface area contributed by atoms with Gasteiger partial charge in [0, 0.05) is 18.2 Å². The van der Waals surface area contributed by atoms with Gasteiger partial charge in [0.25, 0.3) is 0 Å². The van der Waals surface area contributed by atoms with E-state index in [2.05, 4.69) is 20.4 Å². The number of ether oxygens (including phenoxy) is 1. The van der Waals surface area contributed by atoms with Gasteiger partial charge in [-0.1, -0.05) is 44.2 Å². The Bertz CT molecular complexity index is 352. The van der Waals surface area contributed by atoms with Crippen molar-refractivity contribution in [2.24, 2.45) is 0 Å². The molecule has 17 heavy (non-hydrogen) atoms. The number of rotatable bonds is 7. The molecule has 0 saturated heterocycles. The van der Waals surface area contributed by atoms with Crippen LogP contribution in [0.4, 0.5) is 0 Å². The van der Waals surface area contributed by atoms with Crippen molar-refractivity contribution < 1.29 is 9.16 Å². The molecule has 3 heteroatoms. The summed E-state index contributed by atoms with van der Waals surface area (Å²) in [6, 6.07) is 8.03. The standard InChI is InChI=1S/C14H22O2Si/c1-5-12-9-7-8-10-13(12)16-17-14(6-2)11(3)15-4/h5,7-11,14H,1,6,17H2,2-4H3. The highest BCUT2D eigenvalue weighted by Crippen LogP contribution is 2.22. The molecular formula is C14H22O2Si. The highest BCUT2D eigenvalue weighted by molar-refractivity contribution is 6.31. The third kappa shape index (κ3) is 4.02. The fourth-order valence-corrected chi connectivity index (χ4v) is 3.11. The first kappa shape index (κ1) is 14.0. The van der Waals surface area contributed by atoms with Gasteiger partial charge in [-0.15, -0.1) is 0 Å². The van der Waals surface area contributed by atoms with E-state index in [1.165, 1.54) is 0 Å². The Hall–Kier alpha value is -1.06. The van der Waals surface area contributed by atoms with Crippen LogP contribution in [0.1, 0.15) is 25.8 Å². The van der Waals surface area contributed by atoms with Gasteiger partial charge in [0.2, 0.25) is 9.76 Å². The van der Waals surface area contributed by atoms with Crippen molar-refractivity contribution in [2.75, 3.05) is 7.11 Å². The zero-order valence-electron chi connectivity index (χ0n) is 11.0. The summed E-state index contributed by atoms with van der Waals surface area (Å²) in [6.07, 6.45) is 3.23. The van der Waals surface area contributed by atoms with Crippen molar-refractivity contribution >= 4 is 15.8 Å². The zero-order valence-corrected chi connectivity index (χ0v) is 12.4. The lowest BCUT2D eigenvalue weighted by Gasteiger charge is -2.21. The summed E-state index contributed by atoms with van der Waals surface area (Å²) in [5.74, 6) is 0.955. The van der Waals surface area contributed by atoms with E-state index in [-0.39, 0.29) is 6.10 Å². The molecule has 0 bridgehead atoms. The molecule has 0 radical (unpaired) electrons. The minimum absolute atomic E-state index is 0.280. The van der Waals surface area contributed by atoms with E-state index >= 15 is 0 Å². The molecule has 1 aromatic carbocycles. The summed E-state index contributed by atoms with van der Waals surface area (Å²) in [4.78, 5) is 0. The summed E-state index contributed by atoms with van der Waals surface area (Å²) >= 11 is 0. The molecule has 0 aromatic heterocycles. The van der Waals surface area contributed by atoms with Gasteiger partial charge in [-0.3, -0.25) is 0 Å². The summed E-state index contributed by atoms with van der Waals surface area (Å²) in [7, 11) is 1.13. The molecule has 94 valence electrons. The van der Waals surface area contributed by atoms with Crippen LogP contribution in [-0.2, 0) is 4.74 Å². The molecule has 0 fully saturated rings. The van der Waals surface area contributed by atoms with Gasteiger partial charge in [0.05, 0.1) is 6.10 Å². The number of benzene rings is 1. The fraction of sp³-hybridized carbons (Fsp3) is 0.429. The quantitative estimate of drug-likeness (QED) is 0.693. The van der Waals surface area contributed by atoms with E-state index in [9.17, 15) is 0 Å². The largest absolute Gasteiger partial charge is 0.549 e. The van der Waals surface area contributed by atoms with Crippen LogP contribution >= 0.6 is 0 Å². The Morgan fingerprint density at radius 1 is 1.41 bits per heavy atom. The summed E-state index contributed by atoms with van der Waals surface area (Å²) in [5.41, 5.74) is 1.62. The maximum atomic E-state index is 5.99. The number of hydrogen-bond acceptors (Lipinski definition) is 2. The smallest absolute Gasteiger partial charge is 0.225 e. The van der Waals surface area contributed by atoms with Gasteiger partial charge in [0.15, 0.2) is 0 Å². The average Bonchev–Trinajstić information content (AvgIpc) is 2.39. The summed E-state index contributed by atoms with van der Waals surface area (Å²) < 4.78 is 11.4. The molecular weight excluding hydrogens is 228 g/mol. The Kier molecular flexibility index (Phi) is 6.01. The third-order valence-corrected chi connectivity index (χ3v) is 5.30. The molecule has 0 saturated carbocycles. The zero-order chi connectivity index (χ0) is 12.7. The van der Waals surface area contributed by atoms with Crippen LogP contribution in [0.3, 0.4) is 0 Å². The molecule has 0 aliphatic carbocycles. The second-order valence-corrected chi connectivity index (χ2v) is 5.83. The van der Waals surface area contributed by atoms with Gasteiger partial charge < -0.3 is 9.16 Å². The van der Waals surface area contributed by atoms with Crippen molar-refractivity contribution in [3.63, 3.8) is 0 Å². The van der Waals surface area contributed by atoms with Crippen LogP contribution in [0, 0.1) is 0 Å². The number of methoxy groups -OCH3 is 1. The lowest BCUT2D eigenvalue weighted by molar-refractivity contribution is 0.108. The second-order valence-electron chi connectivity index (χ2n) is 4.16. The van der Waals surface area contributed by atoms with E-state index in [1.807, 2.05) is 30.3 Å². The van der Waals surface area contributed by atoms with Crippen LogP contribution in [0.25, 0.3) is 6.08 Å². The Morgan fingerprint density at radius 2 is 2.12 bits per heavy atom. The minimum atomic E-state index is -0.635. The predicted molar refractivity (Wildman–Crippen MR) is 76.2 cm³/mol. The lowest BCUT2D eigenvalue weighted by atomic mass is 10.2. The molecule has 0 heterocycles. The van der Waals surface area contributed by atoms with E-state index in [4.69, 9.17) is 9.16 Å². The maximum absolute atomic E-state index is 5.99. The normalized spacial score (nSPS) is 14.8. The minimum Gasteiger partial charge on any atom is -0.549 e. The van der Waals surface area contributed by atoms with E-state index in [0.717, 1.165) is 17.7 Å². The van der Waals surface area contributed by atoms with Gasteiger partial charge in [-0.2, -0.15) is 0 Å². The van der Waals surface area contributed by atoms with Gasteiger partial charge in [0.1, 0.15) is 5.75 Å². The van der Waals surface area contributed by atoms with Crippen molar-refractivity contribution in [2.45, 2.75) is 31.9 Å². The van der Waals surface area contributed by atoms with Crippen molar-refractivity contribution in [3.05, 3.63) is 36.4 Å². The van der Waals surface area contributed by atoms with Crippen molar-refractivity contribution in [1.82, 2.24) is 0 Å². The molecule has 0 amide bonds. The van der Waals surface area contributed by atoms with Crippen LogP contribution in [0.5, 0.6) is 5.75 Å². The first-order valence-corrected chi connectivity index (χ1v) is 7.49. The van der Waals surface area contributed by atoms with E-state index in [0.29, 0.717) is 5.54 Å². The van der Waals surface area contributed by atoms with Crippen LogP contribution < -0.4 is 4.43 Å². The Balaban J connectivity index is 2.62. The molecule has 0 aliphatic rings. The molecule has 0 N–H and O–H groups in total. The fourth-order valence-electron chi connectivity index (χ4n) is 1.76. The van der Waals surface area contributed by atoms with Gasteiger partial charge >= 0.3 is 0 Å². The molecule has 1 rings (SSSR count). The Morgan fingerprint density at radius 3 is 2.71 bits per heavy atom. The number of hydrogen-bond donors (Lipinski definition) is 0. The number of para-hydroxylation sites is 1. The van der Waals surface area contributed by atoms with Crippen LogP contribution in [0.15, 0.2) is 30.8 Å². The summed E-state index contributed by atoms with van der Waals surface area (Å²) in [6.45, 7) is 8.11. The molecule has 2 atom stereocenters. The lowest BCUT2D eigenvalue weighted by Crippen LogP contribution is -2.22. The highest BCUT2D eigenvalue weighted by atomic mass is 28.2. The van der Waals surface area contributed by atoms with Crippen LogP contribution in [-0.4, -0.2) is 23.0 Å². The van der Waals surface area contributed by atoms with Crippen molar-refractivity contribution in [1.29, 1.82) is 0 Å². The Labute approximate surface area is 107 Å². The first-order valence-electron chi connectivity index (χ1n) is 6.10. The maximum Gasteiger partial charge on any atom is 0.225 e. The van der Waals surface area contributed by atoms with E-state index < -0.39 is 9.76 Å². The molecule has 1 aromatic rings. The van der Waals surface area contributed by atoms with Gasteiger partial charge in [-0.25, -0.2) is 0 Å². The SMILES string of the molecule is C=Cc1ccccc1O[SiH2]C(CC)C(C)OC. The van der Waals surface area contributed by atoms with Crippen LogP contribution in [0.2, 0.25) is 5.54 Å². The summed E-state index contributed by atoms with van der Waals surface area (Å²) in [5, 5.41) is 0. The first-order chi connectivity index (χ1) is 8.22. The predicted octanol–water partition coefficient (Wildman–Crippen LogP) is 3.03. The topological polar surface area (TPSA) is 18.5 Å². The van der Waals surface area contributed by atoms with Gasteiger partial charge in [-0.05, 0) is 13.0 Å². The monoisotopic (exact) mass is 250 g/mol. The molecule has 0 spiro atoms. The van der Waals surface area contributed by atoms with E-state index in [1.54, 1.807) is 7.11 Å².